The van der Waals surface area contributed by atoms with Gasteiger partial charge < -0.3 is 5.32 Å². The van der Waals surface area contributed by atoms with Gasteiger partial charge in [0.25, 0.3) is 0 Å². The summed E-state index contributed by atoms with van der Waals surface area (Å²) in [7, 11) is 4.19. The highest BCUT2D eigenvalue weighted by Gasteiger charge is 2.22. The van der Waals surface area contributed by atoms with Crippen LogP contribution < -0.4 is 5.32 Å². The van der Waals surface area contributed by atoms with Crippen LogP contribution in [0.15, 0.2) is 29.2 Å². The molecule has 1 N–H and O–H groups in total. The summed E-state index contributed by atoms with van der Waals surface area (Å²) in [6.45, 7) is 8.71. The molecule has 1 rings (SSSR count). The van der Waals surface area contributed by atoms with Crippen LogP contribution in [-0.4, -0.2) is 36.8 Å². The molecule has 0 saturated heterocycles. The maximum atomic E-state index is 3.26. The number of nitrogens with one attached hydrogen (secondary N) is 1. The van der Waals surface area contributed by atoms with Gasteiger partial charge in [0, 0.05) is 23.5 Å². The summed E-state index contributed by atoms with van der Waals surface area (Å²) in [5, 5.41) is 3.26. The van der Waals surface area contributed by atoms with Gasteiger partial charge in [0.15, 0.2) is 0 Å². The summed E-state index contributed by atoms with van der Waals surface area (Å²) in [5.41, 5.74) is 1.55. The first-order chi connectivity index (χ1) is 8.49. The molecule has 2 nitrogen and oxygen atoms in total. The third kappa shape index (κ3) is 4.63. The van der Waals surface area contributed by atoms with Crippen molar-refractivity contribution >= 4 is 11.8 Å². The van der Waals surface area contributed by atoms with Crippen LogP contribution in [0.2, 0.25) is 0 Å². The van der Waals surface area contributed by atoms with E-state index in [2.05, 4.69) is 62.3 Å². The Labute approximate surface area is 116 Å². The van der Waals surface area contributed by atoms with E-state index in [-0.39, 0.29) is 5.54 Å². The lowest BCUT2D eigenvalue weighted by Gasteiger charge is -2.35. The first-order valence-corrected chi connectivity index (χ1v) is 7.55. The largest absolute Gasteiger partial charge is 0.318 e. The summed E-state index contributed by atoms with van der Waals surface area (Å²) in [6, 6.07) is 8.93. The van der Waals surface area contributed by atoms with Crippen LogP contribution >= 0.6 is 11.8 Å². The molecule has 0 fully saturated rings. The monoisotopic (exact) mass is 266 g/mol. The minimum Gasteiger partial charge on any atom is -0.318 e. The summed E-state index contributed by atoms with van der Waals surface area (Å²) < 4.78 is 0. The third-order valence-corrected chi connectivity index (χ3v) is 4.19. The molecule has 0 unspecified atom stereocenters. The fourth-order valence-corrected chi connectivity index (χ4v) is 2.58. The van der Waals surface area contributed by atoms with E-state index in [4.69, 9.17) is 0 Å². The lowest BCUT2D eigenvalue weighted by Crippen LogP contribution is -2.47. The molecule has 1 aromatic rings. The quantitative estimate of drug-likeness (QED) is 0.763. The van der Waals surface area contributed by atoms with Crippen molar-refractivity contribution < 1.29 is 0 Å². The molecule has 0 amide bonds. The first kappa shape index (κ1) is 15.5. The lowest BCUT2D eigenvalue weighted by atomic mass is 10.0. The van der Waals surface area contributed by atoms with Crippen LogP contribution in [0.1, 0.15) is 26.3 Å². The maximum Gasteiger partial charge on any atom is 0.0278 e. The Morgan fingerprint density at radius 2 is 1.83 bits per heavy atom. The number of likely N-dealkylation sites (N-methyl/N-ethyl adjacent to an activating group) is 2. The SMILES string of the molecule is CCSc1ccc(CN(C)C(C)(C)CNC)cc1. The minimum absolute atomic E-state index is 0.172. The Morgan fingerprint density at radius 3 is 2.33 bits per heavy atom. The normalized spacial score (nSPS) is 12.1. The Morgan fingerprint density at radius 1 is 1.22 bits per heavy atom. The van der Waals surface area contributed by atoms with Crippen LogP contribution in [0.25, 0.3) is 0 Å². The van der Waals surface area contributed by atoms with E-state index in [0.29, 0.717) is 0 Å². The molecular weight excluding hydrogens is 240 g/mol. The van der Waals surface area contributed by atoms with E-state index in [1.807, 2.05) is 18.8 Å². The van der Waals surface area contributed by atoms with Crippen molar-refractivity contribution in [3.63, 3.8) is 0 Å². The van der Waals surface area contributed by atoms with Crippen LogP contribution in [0.4, 0.5) is 0 Å². The highest BCUT2D eigenvalue weighted by molar-refractivity contribution is 7.99. The van der Waals surface area contributed by atoms with Crippen LogP contribution in [-0.2, 0) is 6.54 Å². The van der Waals surface area contributed by atoms with Crippen molar-refractivity contribution in [2.75, 3.05) is 26.4 Å². The van der Waals surface area contributed by atoms with Gasteiger partial charge in [0.1, 0.15) is 0 Å². The van der Waals surface area contributed by atoms with Gasteiger partial charge in [-0.05, 0) is 51.4 Å². The van der Waals surface area contributed by atoms with Gasteiger partial charge in [-0.25, -0.2) is 0 Å². The zero-order valence-electron chi connectivity index (χ0n) is 12.3. The summed E-state index contributed by atoms with van der Waals surface area (Å²) in [5.74, 6) is 1.13. The average molecular weight is 266 g/mol. The molecule has 0 heterocycles. The Hall–Kier alpha value is -0.510. The molecular formula is C15H26N2S. The first-order valence-electron chi connectivity index (χ1n) is 6.57. The van der Waals surface area contributed by atoms with Gasteiger partial charge in [-0.15, -0.1) is 11.8 Å². The molecule has 0 aliphatic rings. The zero-order chi connectivity index (χ0) is 13.6. The molecule has 0 aromatic heterocycles. The molecule has 0 radical (unpaired) electrons. The lowest BCUT2D eigenvalue weighted by molar-refractivity contribution is 0.147. The van der Waals surface area contributed by atoms with Gasteiger partial charge in [0.05, 0.1) is 0 Å². The maximum absolute atomic E-state index is 3.26. The standard InChI is InChI=1S/C15H26N2S/c1-6-18-14-9-7-13(8-10-14)11-17(5)15(2,3)12-16-4/h7-10,16H,6,11-12H2,1-5H3. The zero-order valence-corrected chi connectivity index (χ0v) is 13.1. The summed E-state index contributed by atoms with van der Waals surface area (Å²) in [6.07, 6.45) is 0. The number of hydrogen-bond acceptors (Lipinski definition) is 3. The average Bonchev–Trinajstić information content (AvgIpc) is 2.32. The number of benzene rings is 1. The van der Waals surface area contributed by atoms with Crippen molar-refractivity contribution in [2.45, 2.75) is 37.8 Å². The molecule has 0 aliphatic heterocycles. The summed E-state index contributed by atoms with van der Waals surface area (Å²) in [4.78, 5) is 3.75. The van der Waals surface area contributed by atoms with Gasteiger partial charge in [-0.1, -0.05) is 19.1 Å². The van der Waals surface area contributed by atoms with E-state index in [0.717, 1.165) is 18.8 Å². The van der Waals surface area contributed by atoms with Crippen molar-refractivity contribution in [1.29, 1.82) is 0 Å². The highest BCUT2D eigenvalue weighted by Crippen LogP contribution is 2.20. The second-order valence-electron chi connectivity index (χ2n) is 5.28. The van der Waals surface area contributed by atoms with E-state index < -0.39 is 0 Å². The number of thioether (sulfide) groups is 1. The second kappa shape index (κ2) is 7.17. The van der Waals surface area contributed by atoms with Gasteiger partial charge in [0.2, 0.25) is 0 Å². The van der Waals surface area contributed by atoms with Gasteiger partial charge in [-0.3, -0.25) is 4.90 Å². The Balaban J connectivity index is 2.61. The third-order valence-electron chi connectivity index (χ3n) is 3.30. The molecule has 1 aromatic carbocycles. The number of rotatable bonds is 7. The summed E-state index contributed by atoms with van der Waals surface area (Å²) >= 11 is 1.89. The van der Waals surface area contributed by atoms with Crippen LogP contribution in [0.3, 0.4) is 0 Å². The van der Waals surface area contributed by atoms with Gasteiger partial charge in [-0.2, -0.15) is 0 Å². The fraction of sp³-hybridized carbons (Fsp3) is 0.600. The van der Waals surface area contributed by atoms with Gasteiger partial charge >= 0.3 is 0 Å². The number of hydrogen-bond donors (Lipinski definition) is 1. The predicted octanol–water partition coefficient (Wildman–Crippen LogP) is 3.23. The molecule has 0 saturated carbocycles. The van der Waals surface area contributed by atoms with E-state index in [1.165, 1.54) is 10.5 Å². The minimum atomic E-state index is 0.172. The van der Waals surface area contributed by atoms with Crippen molar-refractivity contribution in [3.05, 3.63) is 29.8 Å². The van der Waals surface area contributed by atoms with Crippen LogP contribution in [0, 0.1) is 0 Å². The highest BCUT2D eigenvalue weighted by atomic mass is 32.2. The molecule has 3 heteroatoms. The van der Waals surface area contributed by atoms with E-state index in [1.54, 1.807) is 0 Å². The smallest absolute Gasteiger partial charge is 0.0278 e. The molecule has 0 spiro atoms. The molecule has 0 aliphatic carbocycles. The second-order valence-corrected chi connectivity index (χ2v) is 6.61. The Kier molecular flexibility index (Phi) is 6.19. The topological polar surface area (TPSA) is 15.3 Å². The Bertz CT molecular complexity index is 346. The molecule has 0 atom stereocenters. The predicted molar refractivity (Wildman–Crippen MR) is 82.3 cm³/mol. The fourth-order valence-electron chi connectivity index (χ4n) is 1.91. The van der Waals surface area contributed by atoms with Crippen molar-refractivity contribution in [1.82, 2.24) is 10.2 Å². The molecule has 18 heavy (non-hydrogen) atoms. The van der Waals surface area contributed by atoms with Crippen molar-refractivity contribution in [3.8, 4) is 0 Å². The number of nitrogens with zero attached hydrogens (tertiary/aromatic N) is 1. The molecule has 0 bridgehead atoms. The van der Waals surface area contributed by atoms with Crippen molar-refractivity contribution in [2.24, 2.45) is 0 Å². The molecule has 102 valence electrons. The van der Waals surface area contributed by atoms with Crippen LogP contribution in [0.5, 0.6) is 0 Å². The van der Waals surface area contributed by atoms with E-state index in [9.17, 15) is 0 Å². The van der Waals surface area contributed by atoms with E-state index >= 15 is 0 Å².